The van der Waals surface area contributed by atoms with E-state index in [1.807, 2.05) is 19.9 Å². The minimum Gasteiger partial charge on any atom is -0.396 e. The highest BCUT2D eigenvalue weighted by Crippen LogP contribution is 2.06. The third-order valence-corrected chi connectivity index (χ3v) is 2.86. The molecule has 0 bridgehead atoms. The van der Waals surface area contributed by atoms with Crippen LogP contribution in [0.5, 0.6) is 0 Å². The van der Waals surface area contributed by atoms with Gasteiger partial charge in [-0.2, -0.15) is 0 Å². The zero-order valence-corrected chi connectivity index (χ0v) is 12.2. The smallest absolute Gasteiger partial charge is 0.191 e. The largest absolute Gasteiger partial charge is 0.396 e. The van der Waals surface area contributed by atoms with Gasteiger partial charge in [-0.1, -0.05) is 25.1 Å². The van der Waals surface area contributed by atoms with Gasteiger partial charge in [0.2, 0.25) is 0 Å². The lowest BCUT2D eigenvalue weighted by molar-refractivity contribution is 0.241. The summed E-state index contributed by atoms with van der Waals surface area (Å²) in [5.41, 5.74) is 0.694. The fourth-order valence-electron chi connectivity index (χ4n) is 1.66. The van der Waals surface area contributed by atoms with E-state index in [9.17, 15) is 4.39 Å². The summed E-state index contributed by atoms with van der Waals surface area (Å²) < 4.78 is 13.5. The molecule has 0 radical (unpaired) electrons. The zero-order chi connectivity index (χ0) is 14.8. The maximum absolute atomic E-state index is 13.5. The van der Waals surface area contributed by atoms with Crippen LogP contribution in [0.2, 0.25) is 0 Å². The van der Waals surface area contributed by atoms with E-state index in [1.165, 1.54) is 6.07 Å². The zero-order valence-electron chi connectivity index (χ0n) is 12.2. The first-order valence-corrected chi connectivity index (χ1v) is 7.03. The van der Waals surface area contributed by atoms with Crippen molar-refractivity contribution in [3.63, 3.8) is 0 Å². The van der Waals surface area contributed by atoms with Gasteiger partial charge in [-0.05, 0) is 30.9 Å². The molecule has 1 aromatic rings. The van der Waals surface area contributed by atoms with Gasteiger partial charge in [-0.15, -0.1) is 0 Å². The quantitative estimate of drug-likeness (QED) is 0.525. The van der Waals surface area contributed by atoms with E-state index in [0.29, 0.717) is 31.0 Å². The molecule has 20 heavy (non-hydrogen) atoms. The van der Waals surface area contributed by atoms with Crippen LogP contribution >= 0.6 is 0 Å². The second-order valence-electron chi connectivity index (χ2n) is 4.78. The maximum Gasteiger partial charge on any atom is 0.191 e. The van der Waals surface area contributed by atoms with E-state index in [2.05, 4.69) is 15.6 Å². The van der Waals surface area contributed by atoms with Gasteiger partial charge in [0.25, 0.3) is 0 Å². The van der Waals surface area contributed by atoms with E-state index in [4.69, 9.17) is 5.11 Å². The fourth-order valence-corrected chi connectivity index (χ4v) is 1.66. The van der Waals surface area contributed by atoms with Crippen LogP contribution in [0, 0.1) is 11.7 Å². The highest BCUT2D eigenvalue weighted by Gasteiger charge is 2.03. The predicted molar refractivity (Wildman–Crippen MR) is 80.3 cm³/mol. The lowest BCUT2D eigenvalue weighted by Crippen LogP contribution is -2.38. The van der Waals surface area contributed by atoms with Crippen molar-refractivity contribution in [3.05, 3.63) is 35.6 Å². The summed E-state index contributed by atoms with van der Waals surface area (Å²) in [5, 5.41) is 15.3. The molecule has 4 nitrogen and oxygen atoms in total. The molecule has 1 aromatic carbocycles. The lowest BCUT2D eigenvalue weighted by atomic mass is 10.1. The lowest BCUT2D eigenvalue weighted by Gasteiger charge is -2.12. The van der Waals surface area contributed by atoms with Crippen molar-refractivity contribution in [1.82, 2.24) is 10.6 Å². The molecule has 0 aliphatic rings. The Labute approximate surface area is 120 Å². The van der Waals surface area contributed by atoms with E-state index >= 15 is 0 Å². The molecule has 3 N–H and O–H groups in total. The molecule has 0 aliphatic carbocycles. The summed E-state index contributed by atoms with van der Waals surface area (Å²) in [6, 6.07) is 6.78. The number of benzene rings is 1. The van der Waals surface area contributed by atoms with Gasteiger partial charge in [-0.3, -0.25) is 4.99 Å². The van der Waals surface area contributed by atoms with E-state index in [-0.39, 0.29) is 18.3 Å². The number of halogens is 1. The van der Waals surface area contributed by atoms with Gasteiger partial charge in [-0.25, -0.2) is 4.39 Å². The van der Waals surface area contributed by atoms with Crippen LogP contribution in [0.1, 0.15) is 19.4 Å². The highest BCUT2D eigenvalue weighted by molar-refractivity contribution is 5.79. The van der Waals surface area contributed by atoms with Crippen LogP contribution in [0.4, 0.5) is 4.39 Å². The molecule has 0 amide bonds. The Morgan fingerprint density at radius 2 is 2.10 bits per heavy atom. The van der Waals surface area contributed by atoms with E-state index in [0.717, 1.165) is 6.54 Å². The second kappa shape index (κ2) is 9.31. The number of guanidine groups is 1. The third-order valence-electron chi connectivity index (χ3n) is 2.86. The van der Waals surface area contributed by atoms with Crippen LogP contribution in [-0.2, 0) is 6.42 Å². The van der Waals surface area contributed by atoms with Crippen LogP contribution < -0.4 is 10.6 Å². The van der Waals surface area contributed by atoms with Crippen molar-refractivity contribution >= 4 is 5.96 Å². The Balaban J connectivity index is 2.44. The number of hydrogen-bond donors (Lipinski definition) is 3. The number of aliphatic hydroxyl groups excluding tert-OH is 1. The summed E-state index contributed by atoms with van der Waals surface area (Å²) in [6.45, 7) is 5.99. The minimum atomic E-state index is -0.176. The average Bonchev–Trinajstić information content (AvgIpc) is 2.46. The van der Waals surface area contributed by atoms with Gasteiger partial charge in [0.05, 0.1) is 0 Å². The first-order valence-electron chi connectivity index (χ1n) is 7.03. The molecule has 0 heterocycles. The molecule has 0 fully saturated rings. The Morgan fingerprint density at radius 3 is 2.75 bits per heavy atom. The topological polar surface area (TPSA) is 56.7 Å². The molecule has 0 saturated heterocycles. The molecule has 1 atom stereocenters. The van der Waals surface area contributed by atoms with E-state index in [1.54, 1.807) is 12.1 Å². The van der Waals surface area contributed by atoms with Gasteiger partial charge < -0.3 is 15.7 Å². The predicted octanol–water partition coefficient (Wildman–Crippen LogP) is 1.55. The Bertz CT molecular complexity index is 423. The summed E-state index contributed by atoms with van der Waals surface area (Å²) in [7, 11) is 0. The first-order chi connectivity index (χ1) is 9.67. The number of aliphatic imine (C=N–C) groups is 1. The Morgan fingerprint density at radius 1 is 1.35 bits per heavy atom. The van der Waals surface area contributed by atoms with Crippen molar-refractivity contribution in [2.45, 2.75) is 20.3 Å². The van der Waals surface area contributed by atoms with Crippen molar-refractivity contribution in [1.29, 1.82) is 0 Å². The van der Waals surface area contributed by atoms with E-state index < -0.39 is 0 Å². The van der Waals surface area contributed by atoms with Gasteiger partial charge in [0.15, 0.2) is 5.96 Å². The monoisotopic (exact) mass is 281 g/mol. The summed E-state index contributed by atoms with van der Waals surface area (Å²) in [6.07, 6.45) is 0.604. The number of hydrogen-bond acceptors (Lipinski definition) is 2. The average molecular weight is 281 g/mol. The normalized spacial score (nSPS) is 13.1. The van der Waals surface area contributed by atoms with Crippen molar-refractivity contribution in [3.8, 4) is 0 Å². The Kier molecular flexibility index (Phi) is 7.65. The van der Waals surface area contributed by atoms with Crippen LogP contribution in [0.3, 0.4) is 0 Å². The molecular weight excluding hydrogens is 257 g/mol. The molecule has 1 rings (SSSR count). The molecule has 0 saturated carbocycles. The van der Waals surface area contributed by atoms with Crippen molar-refractivity contribution in [2.75, 3.05) is 26.2 Å². The minimum absolute atomic E-state index is 0.123. The van der Waals surface area contributed by atoms with Crippen LogP contribution in [0.15, 0.2) is 29.3 Å². The second-order valence-corrected chi connectivity index (χ2v) is 4.78. The number of nitrogens with zero attached hydrogens (tertiary/aromatic N) is 1. The summed E-state index contributed by atoms with van der Waals surface area (Å²) in [5.74, 6) is 0.659. The number of nitrogens with one attached hydrogen (secondary N) is 2. The van der Waals surface area contributed by atoms with Crippen molar-refractivity contribution in [2.24, 2.45) is 10.9 Å². The molecule has 112 valence electrons. The van der Waals surface area contributed by atoms with Crippen LogP contribution in [-0.4, -0.2) is 37.3 Å². The molecular formula is C15H24FN3O. The number of aliphatic hydroxyl groups is 1. The standard InChI is InChI=1S/C15H24FN3O/c1-3-17-15(19-10-12(2)11-20)18-9-8-13-6-4-5-7-14(13)16/h4-7,12,20H,3,8-11H2,1-2H3,(H2,17,18,19). The molecule has 0 spiro atoms. The molecule has 5 heteroatoms. The molecule has 0 aliphatic heterocycles. The highest BCUT2D eigenvalue weighted by atomic mass is 19.1. The Hall–Kier alpha value is -1.62. The fraction of sp³-hybridized carbons (Fsp3) is 0.533. The van der Waals surface area contributed by atoms with Crippen LogP contribution in [0.25, 0.3) is 0 Å². The molecule has 0 aromatic heterocycles. The summed E-state index contributed by atoms with van der Waals surface area (Å²) in [4.78, 5) is 4.38. The van der Waals surface area contributed by atoms with Gasteiger partial charge >= 0.3 is 0 Å². The maximum atomic E-state index is 13.5. The van der Waals surface area contributed by atoms with Gasteiger partial charge in [0.1, 0.15) is 5.82 Å². The number of rotatable bonds is 7. The first kappa shape index (κ1) is 16.4. The molecule has 1 unspecified atom stereocenters. The van der Waals surface area contributed by atoms with Crippen molar-refractivity contribution < 1.29 is 9.50 Å². The third kappa shape index (κ3) is 6.02. The SMILES string of the molecule is CCNC(=NCC(C)CO)NCCc1ccccc1F. The van der Waals surface area contributed by atoms with Gasteiger partial charge in [0, 0.05) is 26.2 Å². The summed E-state index contributed by atoms with van der Waals surface area (Å²) >= 11 is 0.